The predicted octanol–water partition coefficient (Wildman–Crippen LogP) is 2.44. The molecule has 0 amide bonds. The van der Waals surface area contributed by atoms with E-state index in [1.165, 1.54) is 0 Å². The minimum absolute atomic E-state index is 0.216. The van der Waals surface area contributed by atoms with Gasteiger partial charge in [0.1, 0.15) is 5.60 Å². The Labute approximate surface area is 71.8 Å². The van der Waals surface area contributed by atoms with Gasteiger partial charge < -0.3 is 5.11 Å². The number of hydrogen-bond acceptors (Lipinski definition) is 1. The summed E-state index contributed by atoms with van der Waals surface area (Å²) in [6, 6.07) is 0. The van der Waals surface area contributed by atoms with Crippen molar-refractivity contribution in [3.63, 3.8) is 0 Å². The van der Waals surface area contributed by atoms with Crippen LogP contribution in [-0.2, 0) is 0 Å². The van der Waals surface area contributed by atoms with Crippen LogP contribution in [-0.4, -0.2) is 17.1 Å². The lowest BCUT2D eigenvalue weighted by Gasteiger charge is -2.38. The molecule has 0 spiro atoms. The smallest absolute Gasteiger partial charge is 0.266 e. The molecule has 12 heavy (non-hydrogen) atoms. The molecule has 1 nitrogen and oxygen atoms in total. The first-order valence-electron chi connectivity index (χ1n) is 4.44. The summed E-state index contributed by atoms with van der Waals surface area (Å²) in [5.74, 6) is 0.431. The molecular formula is C9H16F2O. The van der Waals surface area contributed by atoms with Crippen molar-refractivity contribution < 1.29 is 13.9 Å². The van der Waals surface area contributed by atoms with E-state index in [1.54, 1.807) is 0 Å². The van der Waals surface area contributed by atoms with Gasteiger partial charge in [0.25, 0.3) is 6.43 Å². The summed E-state index contributed by atoms with van der Waals surface area (Å²) in [6.45, 7) is 3.84. The number of alkyl halides is 2. The van der Waals surface area contributed by atoms with Crippen LogP contribution in [0.15, 0.2) is 0 Å². The maximum atomic E-state index is 12.4. The quantitative estimate of drug-likeness (QED) is 0.653. The molecule has 1 aliphatic rings. The number of hydrogen-bond donors (Lipinski definition) is 1. The molecule has 1 N–H and O–H groups in total. The minimum atomic E-state index is -2.59. The van der Waals surface area contributed by atoms with Crippen LogP contribution < -0.4 is 0 Å². The normalized spacial score (nSPS) is 43.5. The highest BCUT2D eigenvalue weighted by molar-refractivity contribution is 4.89. The molecule has 0 aliphatic heterocycles. The summed E-state index contributed by atoms with van der Waals surface area (Å²) < 4.78 is 24.8. The van der Waals surface area contributed by atoms with Gasteiger partial charge in [-0.3, -0.25) is 0 Å². The fourth-order valence-electron chi connectivity index (χ4n) is 2.32. The largest absolute Gasteiger partial charge is 0.384 e. The van der Waals surface area contributed by atoms with E-state index in [-0.39, 0.29) is 24.7 Å². The Morgan fingerprint density at radius 3 is 2.00 bits per heavy atom. The van der Waals surface area contributed by atoms with Gasteiger partial charge in [-0.2, -0.15) is 0 Å². The Bertz CT molecular complexity index is 149. The molecule has 0 radical (unpaired) electrons. The second-order valence-electron chi connectivity index (χ2n) is 4.26. The van der Waals surface area contributed by atoms with Crippen molar-refractivity contribution >= 4 is 0 Å². The SMILES string of the molecule is CC1CC(C)CC(O)(C(F)F)C1. The molecule has 2 atom stereocenters. The van der Waals surface area contributed by atoms with Gasteiger partial charge in [0, 0.05) is 0 Å². The fourth-order valence-corrected chi connectivity index (χ4v) is 2.32. The molecule has 0 heterocycles. The van der Waals surface area contributed by atoms with Crippen LogP contribution >= 0.6 is 0 Å². The molecule has 0 aromatic heterocycles. The van der Waals surface area contributed by atoms with Crippen molar-refractivity contribution in [3.8, 4) is 0 Å². The van der Waals surface area contributed by atoms with Crippen molar-refractivity contribution in [2.45, 2.75) is 45.1 Å². The van der Waals surface area contributed by atoms with Crippen molar-refractivity contribution in [2.75, 3.05) is 0 Å². The van der Waals surface area contributed by atoms with Gasteiger partial charge in [-0.25, -0.2) is 8.78 Å². The van der Waals surface area contributed by atoms with E-state index in [9.17, 15) is 13.9 Å². The Balaban J connectivity index is 2.65. The van der Waals surface area contributed by atoms with E-state index in [4.69, 9.17) is 0 Å². The summed E-state index contributed by atoms with van der Waals surface area (Å²) in [6.07, 6.45) is -1.15. The molecule has 0 bridgehead atoms. The van der Waals surface area contributed by atoms with Gasteiger partial charge in [-0.15, -0.1) is 0 Å². The molecule has 1 fully saturated rings. The van der Waals surface area contributed by atoms with Crippen LogP contribution in [0.4, 0.5) is 8.78 Å². The number of halogens is 2. The highest BCUT2D eigenvalue weighted by Gasteiger charge is 2.43. The number of rotatable bonds is 1. The highest BCUT2D eigenvalue weighted by Crippen LogP contribution is 2.39. The van der Waals surface area contributed by atoms with Crippen molar-refractivity contribution in [1.82, 2.24) is 0 Å². The van der Waals surface area contributed by atoms with E-state index in [0.717, 1.165) is 6.42 Å². The third kappa shape index (κ3) is 1.94. The monoisotopic (exact) mass is 178 g/mol. The molecule has 0 saturated heterocycles. The lowest BCUT2D eigenvalue weighted by Crippen LogP contribution is -2.44. The molecule has 1 saturated carbocycles. The Kier molecular flexibility index (Phi) is 2.71. The van der Waals surface area contributed by atoms with Gasteiger partial charge in [-0.05, 0) is 31.1 Å². The average molecular weight is 178 g/mol. The average Bonchev–Trinajstić information content (AvgIpc) is 1.82. The maximum absolute atomic E-state index is 12.4. The summed E-state index contributed by atoms with van der Waals surface area (Å²) in [7, 11) is 0. The molecule has 2 unspecified atom stereocenters. The fraction of sp³-hybridized carbons (Fsp3) is 1.00. The molecule has 0 aromatic rings. The summed E-state index contributed by atoms with van der Waals surface area (Å²) >= 11 is 0. The number of aliphatic hydroxyl groups is 1. The van der Waals surface area contributed by atoms with Crippen LogP contribution in [0.2, 0.25) is 0 Å². The van der Waals surface area contributed by atoms with Crippen LogP contribution in [0.25, 0.3) is 0 Å². The zero-order valence-corrected chi connectivity index (χ0v) is 7.56. The lowest BCUT2D eigenvalue weighted by molar-refractivity contribution is -0.135. The van der Waals surface area contributed by atoms with Gasteiger partial charge in [-0.1, -0.05) is 13.8 Å². The Morgan fingerprint density at radius 1 is 1.25 bits per heavy atom. The van der Waals surface area contributed by atoms with Crippen molar-refractivity contribution in [3.05, 3.63) is 0 Å². The summed E-state index contributed by atoms with van der Waals surface area (Å²) in [4.78, 5) is 0. The predicted molar refractivity (Wildman–Crippen MR) is 43.1 cm³/mol. The summed E-state index contributed by atoms with van der Waals surface area (Å²) in [5, 5.41) is 9.54. The maximum Gasteiger partial charge on any atom is 0.266 e. The third-order valence-electron chi connectivity index (χ3n) is 2.61. The zero-order chi connectivity index (χ0) is 9.35. The first-order valence-corrected chi connectivity index (χ1v) is 4.44. The second-order valence-corrected chi connectivity index (χ2v) is 4.26. The molecule has 3 heteroatoms. The highest BCUT2D eigenvalue weighted by atomic mass is 19.3. The summed E-state index contributed by atoms with van der Waals surface area (Å²) in [5.41, 5.74) is -1.71. The van der Waals surface area contributed by atoms with E-state index in [2.05, 4.69) is 0 Å². The van der Waals surface area contributed by atoms with Crippen LogP contribution in [0.1, 0.15) is 33.1 Å². The van der Waals surface area contributed by atoms with E-state index in [0.29, 0.717) is 0 Å². The van der Waals surface area contributed by atoms with Gasteiger partial charge in [0.2, 0.25) is 0 Å². The molecule has 1 rings (SSSR count). The molecule has 1 aliphatic carbocycles. The molecular weight excluding hydrogens is 162 g/mol. The first kappa shape index (κ1) is 9.90. The standard InChI is InChI=1S/C9H16F2O/c1-6-3-7(2)5-9(12,4-6)8(10)11/h6-8,12H,3-5H2,1-2H3. The zero-order valence-electron chi connectivity index (χ0n) is 7.56. The Morgan fingerprint density at radius 2 is 1.67 bits per heavy atom. The van der Waals surface area contributed by atoms with E-state index >= 15 is 0 Å². The molecule has 72 valence electrons. The minimum Gasteiger partial charge on any atom is -0.384 e. The van der Waals surface area contributed by atoms with Crippen LogP contribution in [0, 0.1) is 11.8 Å². The van der Waals surface area contributed by atoms with Gasteiger partial charge in [0.05, 0.1) is 0 Å². The van der Waals surface area contributed by atoms with Crippen molar-refractivity contribution in [1.29, 1.82) is 0 Å². The van der Waals surface area contributed by atoms with Crippen molar-refractivity contribution in [2.24, 2.45) is 11.8 Å². The first-order chi connectivity index (χ1) is 5.44. The van der Waals surface area contributed by atoms with E-state index < -0.39 is 12.0 Å². The van der Waals surface area contributed by atoms with E-state index in [1.807, 2.05) is 13.8 Å². The van der Waals surface area contributed by atoms with Crippen LogP contribution in [0.5, 0.6) is 0 Å². The molecule has 0 aromatic carbocycles. The van der Waals surface area contributed by atoms with Gasteiger partial charge in [0.15, 0.2) is 0 Å². The third-order valence-corrected chi connectivity index (χ3v) is 2.61. The second kappa shape index (κ2) is 3.29. The van der Waals surface area contributed by atoms with Crippen LogP contribution in [0.3, 0.4) is 0 Å². The lowest BCUT2D eigenvalue weighted by atomic mass is 9.74. The Hall–Kier alpha value is -0.180. The topological polar surface area (TPSA) is 20.2 Å². The van der Waals surface area contributed by atoms with Gasteiger partial charge >= 0.3 is 0 Å².